The highest BCUT2D eigenvalue weighted by Gasteiger charge is 2.09. The Morgan fingerprint density at radius 3 is 2.32 bits per heavy atom. The fourth-order valence-corrected chi connectivity index (χ4v) is 2.77. The summed E-state index contributed by atoms with van der Waals surface area (Å²) in [6.45, 7) is 4.46. The fraction of sp³-hybridized carbons (Fsp3) is 0.211. The van der Waals surface area contributed by atoms with Gasteiger partial charge in [-0.1, -0.05) is 67.9 Å². The number of para-hydroxylation sites is 1. The van der Waals surface area contributed by atoms with Gasteiger partial charge in [0.05, 0.1) is 11.4 Å². The molecule has 112 valence electrons. The highest BCUT2D eigenvalue weighted by Crippen LogP contribution is 2.25. The summed E-state index contributed by atoms with van der Waals surface area (Å²) in [6, 6.07) is 20.4. The molecule has 3 rings (SSSR count). The summed E-state index contributed by atoms with van der Waals surface area (Å²) in [6.07, 6.45) is 1.10. The predicted molar refractivity (Wildman–Crippen MR) is 92.6 cm³/mol. The van der Waals surface area contributed by atoms with Crippen molar-refractivity contribution >= 4 is 11.6 Å². The summed E-state index contributed by atoms with van der Waals surface area (Å²) >= 11 is 6.33. The van der Waals surface area contributed by atoms with E-state index in [4.69, 9.17) is 11.6 Å². The maximum absolute atomic E-state index is 6.33. The standard InChI is InChI=1S/C19H19ClN2/c1-14(2)12-15-8-10-16(11-9-15)18-13-19(20)22(21-18)17-6-4-3-5-7-17/h3-11,13-14H,12H2,1-2H3. The van der Waals surface area contributed by atoms with Crippen molar-refractivity contribution in [3.63, 3.8) is 0 Å². The molecule has 0 N–H and O–H groups in total. The quantitative estimate of drug-likeness (QED) is 0.631. The van der Waals surface area contributed by atoms with Crippen LogP contribution in [0.15, 0.2) is 60.7 Å². The van der Waals surface area contributed by atoms with Crippen LogP contribution in [0.4, 0.5) is 0 Å². The van der Waals surface area contributed by atoms with Gasteiger partial charge in [0.15, 0.2) is 0 Å². The maximum atomic E-state index is 6.33. The van der Waals surface area contributed by atoms with Gasteiger partial charge < -0.3 is 0 Å². The Morgan fingerprint density at radius 1 is 1.00 bits per heavy atom. The summed E-state index contributed by atoms with van der Waals surface area (Å²) in [5.74, 6) is 0.664. The van der Waals surface area contributed by atoms with Crippen LogP contribution in [0.1, 0.15) is 19.4 Å². The van der Waals surface area contributed by atoms with Crippen LogP contribution in [-0.2, 0) is 6.42 Å². The zero-order valence-corrected chi connectivity index (χ0v) is 13.6. The van der Waals surface area contributed by atoms with Crippen molar-refractivity contribution in [1.82, 2.24) is 9.78 Å². The average molecular weight is 311 g/mol. The van der Waals surface area contributed by atoms with Gasteiger partial charge >= 0.3 is 0 Å². The van der Waals surface area contributed by atoms with Crippen molar-refractivity contribution < 1.29 is 0 Å². The number of rotatable bonds is 4. The minimum atomic E-state index is 0.618. The Balaban J connectivity index is 1.90. The third-order valence-electron chi connectivity index (χ3n) is 3.56. The van der Waals surface area contributed by atoms with Crippen LogP contribution < -0.4 is 0 Å². The smallest absolute Gasteiger partial charge is 0.133 e. The first-order valence-electron chi connectivity index (χ1n) is 7.54. The van der Waals surface area contributed by atoms with Gasteiger partial charge in [-0.2, -0.15) is 5.10 Å². The van der Waals surface area contributed by atoms with E-state index in [0.29, 0.717) is 11.1 Å². The maximum Gasteiger partial charge on any atom is 0.133 e. The van der Waals surface area contributed by atoms with Crippen LogP contribution in [0, 0.1) is 5.92 Å². The van der Waals surface area contributed by atoms with Crippen LogP contribution in [0.25, 0.3) is 16.9 Å². The van der Waals surface area contributed by atoms with Crippen LogP contribution in [0.3, 0.4) is 0 Å². The molecule has 0 radical (unpaired) electrons. The molecule has 3 aromatic rings. The largest absolute Gasteiger partial charge is 0.222 e. The molecule has 22 heavy (non-hydrogen) atoms. The molecule has 2 aromatic carbocycles. The third-order valence-corrected chi connectivity index (χ3v) is 3.83. The molecule has 0 aliphatic carbocycles. The van der Waals surface area contributed by atoms with Crippen LogP contribution >= 0.6 is 11.6 Å². The Labute approximate surface area is 136 Å². The lowest BCUT2D eigenvalue weighted by Crippen LogP contribution is -1.96. The lowest BCUT2D eigenvalue weighted by molar-refractivity contribution is 0.647. The van der Waals surface area contributed by atoms with Crippen molar-refractivity contribution in [2.45, 2.75) is 20.3 Å². The van der Waals surface area contributed by atoms with Gasteiger partial charge in [0.25, 0.3) is 0 Å². The molecule has 0 saturated carbocycles. The Kier molecular flexibility index (Phi) is 4.30. The highest BCUT2D eigenvalue weighted by atomic mass is 35.5. The number of hydrogen-bond acceptors (Lipinski definition) is 1. The van der Waals surface area contributed by atoms with E-state index in [2.05, 4.69) is 43.2 Å². The molecule has 1 aromatic heterocycles. The van der Waals surface area contributed by atoms with Crippen molar-refractivity contribution in [1.29, 1.82) is 0 Å². The van der Waals surface area contributed by atoms with Crippen molar-refractivity contribution in [2.75, 3.05) is 0 Å². The molecule has 0 amide bonds. The molecular weight excluding hydrogens is 292 g/mol. The van der Waals surface area contributed by atoms with Crippen LogP contribution in [0.2, 0.25) is 5.15 Å². The first-order chi connectivity index (χ1) is 10.6. The van der Waals surface area contributed by atoms with E-state index in [9.17, 15) is 0 Å². The molecule has 1 heterocycles. The van der Waals surface area contributed by atoms with Gasteiger partial charge in [-0.25, -0.2) is 4.68 Å². The normalized spacial score (nSPS) is 11.1. The molecule has 0 aliphatic heterocycles. The Bertz CT molecular complexity index is 743. The van der Waals surface area contributed by atoms with E-state index in [-0.39, 0.29) is 0 Å². The average Bonchev–Trinajstić information content (AvgIpc) is 2.90. The summed E-state index contributed by atoms with van der Waals surface area (Å²) in [5.41, 5.74) is 4.30. The number of nitrogens with zero attached hydrogens (tertiary/aromatic N) is 2. The summed E-state index contributed by atoms with van der Waals surface area (Å²) in [5, 5.41) is 5.24. The van der Waals surface area contributed by atoms with Crippen molar-refractivity contribution in [2.24, 2.45) is 5.92 Å². The number of aromatic nitrogens is 2. The van der Waals surface area contributed by atoms with E-state index < -0.39 is 0 Å². The topological polar surface area (TPSA) is 17.8 Å². The molecule has 3 heteroatoms. The van der Waals surface area contributed by atoms with Crippen LogP contribution in [0.5, 0.6) is 0 Å². The van der Waals surface area contributed by atoms with Crippen molar-refractivity contribution in [3.8, 4) is 16.9 Å². The van der Waals surface area contributed by atoms with Gasteiger partial charge in [0.2, 0.25) is 0 Å². The van der Waals surface area contributed by atoms with Gasteiger partial charge in [0, 0.05) is 11.6 Å². The SMILES string of the molecule is CC(C)Cc1ccc(-c2cc(Cl)n(-c3ccccc3)n2)cc1. The summed E-state index contributed by atoms with van der Waals surface area (Å²) in [4.78, 5) is 0. The van der Waals surface area contributed by atoms with E-state index in [1.54, 1.807) is 4.68 Å². The monoisotopic (exact) mass is 310 g/mol. The molecule has 0 atom stereocenters. The molecule has 2 nitrogen and oxygen atoms in total. The first kappa shape index (κ1) is 14.9. The van der Waals surface area contributed by atoms with Crippen molar-refractivity contribution in [3.05, 3.63) is 71.4 Å². The van der Waals surface area contributed by atoms with Gasteiger partial charge in [-0.15, -0.1) is 0 Å². The van der Waals surface area contributed by atoms with Gasteiger partial charge in [0.1, 0.15) is 5.15 Å². The van der Waals surface area contributed by atoms with Gasteiger partial charge in [-0.05, 0) is 30.0 Å². The second-order valence-electron chi connectivity index (χ2n) is 5.89. The second-order valence-corrected chi connectivity index (χ2v) is 6.28. The minimum Gasteiger partial charge on any atom is -0.222 e. The van der Waals surface area contributed by atoms with E-state index >= 15 is 0 Å². The Hall–Kier alpha value is -2.06. The number of hydrogen-bond donors (Lipinski definition) is 0. The molecule has 0 bridgehead atoms. The third kappa shape index (κ3) is 3.23. The summed E-state index contributed by atoms with van der Waals surface area (Å²) < 4.78 is 1.76. The Morgan fingerprint density at radius 2 is 1.68 bits per heavy atom. The predicted octanol–water partition coefficient (Wildman–Crippen LogP) is 5.39. The highest BCUT2D eigenvalue weighted by molar-refractivity contribution is 6.30. The van der Waals surface area contributed by atoms with E-state index in [0.717, 1.165) is 23.4 Å². The molecule has 0 unspecified atom stereocenters. The second kappa shape index (κ2) is 6.37. The zero-order valence-electron chi connectivity index (χ0n) is 12.8. The molecule has 0 fully saturated rings. The lowest BCUT2D eigenvalue weighted by atomic mass is 10.0. The van der Waals surface area contributed by atoms with E-state index in [1.165, 1.54) is 5.56 Å². The molecule has 0 aliphatic rings. The zero-order chi connectivity index (χ0) is 15.5. The fourth-order valence-electron chi connectivity index (χ4n) is 2.53. The molecule has 0 spiro atoms. The molecular formula is C19H19ClN2. The minimum absolute atomic E-state index is 0.618. The lowest BCUT2D eigenvalue weighted by Gasteiger charge is -2.05. The summed E-state index contributed by atoms with van der Waals surface area (Å²) in [7, 11) is 0. The van der Waals surface area contributed by atoms with E-state index in [1.807, 2.05) is 36.4 Å². The molecule has 0 saturated heterocycles. The van der Waals surface area contributed by atoms with Crippen LogP contribution in [-0.4, -0.2) is 9.78 Å². The number of halogens is 1. The first-order valence-corrected chi connectivity index (χ1v) is 7.91. The number of benzene rings is 2. The van der Waals surface area contributed by atoms with Gasteiger partial charge in [-0.3, -0.25) is 0 Å².